The second-order valence-corrected chi connectivity index (χ2v) is 6.61. The van der Waals surface area contributed by atoms with Crippen LogP contribution in [0, 0.1) is 6.92 Å². The smallest absolute Gasteiger partial charge is 0.346 e. The number of nitrogens with one attached hydrogen (secondary N) is 1. The maximum absolute atomic E-state index is 11.3. The molecule has 0 bridgehead atoms. The fourth-order valence-electron chi connectivity index (χ4n) is 2.48. The van der Waals surface area contributed by atoms with Crippen LogP contribution in [0.3, 0.4) is 0 Å². The number of rotatable bonds is 7. The Balaban J connectivity index is 1.84. The zero-order valence-electron chi connectivity index (χ0n) is 14.1. The number of carbonyl (C=O) groups is 1. The molecule has 0 radical (unpaired) electrons. The van der Waals surface area contributed by atoms with Gasteiger partial charge in [-0.15, -0.1) is 11.3 Å². The molecule has 6 nitrogen and oxygen atoms in total. The average Bonchev–Trinajstić information content (AvgIpc) is 2.95. The molecule has 0 saturated carbocycles. The van der Waals surface area contributed by atoms with E-state index in [1.807, 2.05) is 24.3 Å². The summed E-state index contributed by atoms with van der Waals surface area (Å²) in [4.78, 5) is 20.8. The molecule has 2 heterocycles. The molecule has 25 heavy (non-hydrogen) atoms. The fraction of sp³-hybridized carbons (Fsp3) is 0.278. The number of hydrogen-bond donors (Lipinski definition) is 2. The first-order valence-corrected chi connectivity index (χ1v) is 8.89. The number of benzene rings is 1. The van der Waals surface area contributed by atoms with Gasteiger partial charge in [-0.25, -0.2) is 14.8 Å². The Hall–Kier alpha value is -2.67. The lowest BCUT2D eigenvalue weighted by molar-refractivity contribution is 0.0701. The van der Waals surface area contributed by atoms with Crippen LogP contribution in [0.4, 0.5) is 11.5 Å². The van der Waals surface area contributed by atoms with Crippen molar-refractivity contribution in [1.82, 2.24) is 9.97 Å². The molecule has 2 aromatic heterocycles. The number of aromatic nitrogens is 2. The summed E-state index contributed by atoms with van der Waals surface area (Å²) in [5.41, 5.74) is 1.53. The molecule has 0 atom stereocenters. The molecule has 0 saturated heterocycles. The molecule has 0 fully saturated rings. The van der Waals surface area contributed by atoms with Crippen molar-refractivity contribution < 1.29 is 14.6 Å². The molecule has 3 aromatic rings. The summed E-state index contributed by atoms with van der Waals surface area (Å²) >= 11 is 1.16. The number of anilines is 2. The summed E-state index contributed by atoms with van der Waals surface area (Å²) in [5, 5.41) is 13.3. The van der Waals surface area contributed by atoms with Gasteiger partial charge < -0.3 is 15.2 Å². The third kappa shape index (κ3) is 3.71. The van der Waals surface area contributed by atoms with Crippen molar-refractivity contribution in [2.24, 2.45) is 0 Å². The van der Waals surface area contributed by atoms with E-state index in [0.29, 0.717) is 27.7 Å². The van der Waals surface area contributed by atoms with Crippen LogP contribution in [-0.4, -0.2) is 27.7 Å². The third-order valence-corrected chi connectivity index (χ3v) is 4.99. The van der Waals surface area contributed by atoms with Crippen LogP contribution in [-0.2, 0) is 0 Å². The summed E-state index contributed by atoms with van der Waals surface area (Å²) in [6.07, 6.45) is 3.57. The minimum absolute atomic E-state index is 0.290. The van der Waals surface area contributed by atoms with Gasteiger partial charge in [0, 0.05) is 5.69 Å². The van der Waals surface area contributed by atoms with Gasteiger partial charge in [-0.2, -0.15) is 0 Å². The van der Waals surface area contributed by atoms with Crippen molar-refractivity contribution in [1.29, 1.82) is 0 Å². The molecule has 7 heteroatoms. The minimum atomic E-state index is -0.944. The molecule has 1 aromatic carbocycles. The van der Waals surface area contributed by atoms with Gasteiger partial charge in [-0.05, 0) is 43.2 Å². The van der Waals surface area contributed by atoms with E-state index >= 15 is 0 Å². The Morgan fingerprint density at radius 3 is 2.72 bits per heavy atom. The Morgan fingerprint density at radius 2 is 2.04 bits per heavy atom. The predicted octanol–water partition coefficient (Wildman–Crippen LogP) is 4.62. The first kappa shape index (κ1) is 17.2. The second kappa shape index (κ2) is 7.48. The topological polar surface area (TPSA) is 84.3 Å². The number of aryl methyl sites for hydroxylation is 1. The maximum Gasteiger partial charge on any atom is 0.346 e. The maximum atomic E-state index is 11.3. The number of thiophene rings is 1. The van der Waals surface area contributed by atoms with Crippen LogP contribution >= 0.6 is 11.3 Å². The van der Waals surface area contributed by atoms with Crippen molar-refractivity contribution >= 4 is 39.0 Å². The molecular formula is C18H19N3O3S. The molecule has 0 spiro atoms. The molecular weight excluding hydrogens is 338 g/mol. The summed E-state index contributed by atoms with van der Waals surface area (Å²) in [6, 6.07) is 7.63. The number of fused-ring (bicyclic) bond motifs is 1. The number of hydrogen-bond acceptors (Lipinski definition) is 6. The summed E-state index contributed by atoms with van der Waals surface area (Å²) in [7, 11) is 0. The largest absolute Gasteiger partial charge is 0.494 e. The first-order chi connectivity index (χ1) is 12.1. The van der Waals surface area contributed by atoms with Gasteiger partial charge in [0.25, 0.3) is 0 Å². The van der Waals surface area contributed by atoms with Gasteiger partial charge >= 0.3 is 5.97 Å². The van der Waals surface area contributed by atoms with Crippen LogP contribution in [0.1, 0.15) is 35.0 Å². The highest BCUT2D eigenvalue weighted by molar-refractivity contribution is 7.20. The van der Waals surface area contributed by atoms with Crippen molar-refractivity contribution in [2.75, 3.05) is 11.9 Å². The van der Waals surface area contributed by atoms with E-state index in [0.717, 1.165) is 41.0 Å². The predicted molar refractivity (Wildman–Crippen MR) is 99.2 cm³/mol. The molecule has 0 aliphatic heterocycles. The molecule has 0 amide bonds. The monoisotopic (exact) mass is 357 g/mol. The molecule has 0 unspecified atom stereocenters. The minimum Gasteiger partial charge on any atom is -0.494 e. The van der Waals surface area contributed by atoms with E-state index in [9.17, 15) is 9.90 Å². The van der Waals surface area contributed by atoms with E-state index in [1.54, 1.807) is 6.92 Å². The first-order valence-electron chi connectivity index (χ1n) is 8.07. The Labute approximate surface area is 149 Å². The molecule has 0 aliphatic rings. The molecule has 2 N–H and O–H groups in total. The fourth-order valence-corrected chi connectivity index (χ4v) is 3.46. The van der Waals surface area contributed by atoms with E-state index in [2.05, 4.69) is 22.2 Å². The number of ether oxygens (including phenoxy) is 1. The Morgan fingerprint density at radius 1 is 1.28 bits per heavy atom. The number of aromatic carboxylic acids is 1. The highest BCUT2D eigenvalue weighted by Gasteiger charge is 2.18. The van der Waals surface area contributed by atoms with Crippen molar-refractivity contribution in [3.63, 3.8) is 0 Å². The third-order valence-electron chi connectivity index (χ3n) is 3.80. The molecule has 130 valence electrons. The van der Waals surface area contributed by atoms with E-state index in [-0.39, 0.29) is 0 Å². The van der Waals surface area contributed by atoms with E-state index in [4.69, 9.17) is 4.74 Å². The van der Waals surface area contributed by atoms with Crippen molar-refractivity contribution in [3.8, 4) is 5.75 Å². The van der Waals surface area contributed by atoms with Crippen molar-refractivity contribution in [3.05, 3.63) is 41.0 Å². The normalized spacial score (nSPS) is 10.8. The Bertz CT molecular complexity index is 890. The number of carboxylic acids is 1. The lowest BCUT2D eigenvalue weighted by Crippen LogP contribution is -1.98. The van der Waals surface area contributed by atoms with Gasteiger partial charge in [-0.3, -0.25) is 0 Å². The number of nitrogens with zero attached hydrogens (tertiary/aromatic N) is 2. The van der Waals surface area contributed by atoms with E-state index < -0.39 is 5.97 Å². The highest BCUT2D eigenvalue weighted by atomic mass is 32.1. The zero-order valence-corrected chi connectivity index (χ0v) is 14.9. The van der Waals surface area contributed by atoms with Crippen LogP contribution < -0.4 is 10.1 Å². The van der Waals surface area contributed by atoms with Gasteiger partial charge in [0.1, 0.15) is 27.6 Å². The Kier molecular flexibility index (Phi) is 5.14. The highest BCUT2D eigenvalue weighted by Crippen LogP contribution is 2.34. The van der Waals surface area contributed by atoms with E-state index in [1.165, 1.54) is 6.33 Å². The van der Waals surface area contributed by atoms with Gasteiger partial charge in [0.2, 0.25) is 0 Å². The van der Waals surface area contributed by atoms with Crippen LogP contribution in [0.15, 0.2) is 30.6 Å². The van der Waals surface area contributed by atoms with Crippen LogP contribution in [0.2, 0.25) is 0 Å². The molecule has 0 aliphatic carbocycles. The quantitative estimate of drug-likeness (QED) is 0.600. The number of unbranched alkanes of at least 4 members (excludes halogenated alkanes) is 1. The SMILES string of the molecule is CCCCOc1ccc(Nc2ncnc3sc(C(=O)O)c(C)c23)cc1. The summed E-state index contributed by atoms with van der Waals surface area (Å²) in [6.45, 7) is 4.62. The second-order valence-electron chi connectivity index (χ2n) is 5.62. The summed E-state index contributed by atoms with van der Waals surface area (Å²) < 4.78 is 5.65. The van der Waals surface area contributed by atoms with Gasteiger partial charge in [0.05, 0.1) is 12.0 Å². The average molecular weight is 357 g/mol. The van der Waals surface area contributed by atoms with Gasteiger partial charge in [0.15, 0.2) is 0 Å². The lowest BCUT2D eigenvalue weighted by Gasteiger charge is -2.09. The van der Waals surface area contributed by atoms with Gasteiger partial charge in [-0.1, -0.05) is 13.3 Å². The van der Waals surface area contributed by atoms with Crippen LogP contribution in [0.25, 0.3) is 10.2 Å². The van der Waals surface area contributed by atoms with Crippen LogP contribution in [0.5, 0.6) is 5.75 Å². The standard InChI is InChI=1S/C18H19N3O3S/c1-3-4-9-24-13-7-5-12(6-8-13)21-16-14-11(2)15(18(22)23)25-17(14)20-10-19-16/h5-8,10H,3-4,9H2,1-2H3,(H,22,23)(H,19,20,21). The summed E-state index contributed by atoms with van der Waals surface area (Å²) in [5.74, 6) is 0.484. The lowest BCUT2D eigenvalue weighted by atomic mass is 10.2. The number of carboxylic acid groups (broad SMARTS) is 1. The molecule has 3 rings (SSSR count). The zero-order chi connectivity index (χ0) is 17.8. The van der Waals surface area contributed by atoms with Crippen molar-refractivity contribution in [2.45, 2.75) is 26.7 Å².